The van der Waals surface area contributed by atoms with Gasteiger partial charge in [-0.3, -0.25) is 9.59 Å². The maximum absolute atomic E-state index is 12.5. The van der Waals surface area contributed by atoms with Gasteiger partial charge < -0.3 is 19.7 Å². The van der Waals surface area contributed by atoms with Gasteiger partial charge in [-0.1, -0.05) is 36.4 Å². The number of carbonyl (C=O) groups is 2. The Hall–Kier alpha value is -2.70. The van der Waals surface area contributed by atoms with Crippen molar-refractivity contribution in [3.05, 3.63) is 60.7 Å². The predicted molar refractivity (Wildman–Crippen MR) is 131 cm³/mol. The standard InChI is InChI=1S/C28H38O6/c1-27(2,25(31)33-23-11-7-5-8-12-23)19-17-21(29)15-16-22(30)18-20-28(3,4)26(32)34-24-13-9-6-10-14-24/h5-14,21-22,29-30H,15-20H2,1-4H3. The molecule has 0 spiro atoms. The van der Waals surface area contributed by atoms with E-state index >= 15 is 0 Å². The summed E-state index contributed by atoms with van der Waals surface area (Å²) in [6, 6.07) is 17.8. The molecule has 0 saturated carbocycles. The Kier molecular flexibility index (Phi) is 10.3. The van der Waals surface area contributed by atoms with Crippen molar-refractivity contribution >= 4 is 11.9 Å². The lowest BCUT2D eigenvalue weighted by Gasteiger charge is -2.25. The monoisotopic (exact) mass is 470 g/mol. The van der Waals surface area contributed by atoms with Crippen LogP contribution in [-0.4, -0.2) is 34.4 Å². The third-order valence-electron chi connectivity index (χ3n) is 6.05. The largest absolute Gasteiger partial charge is 0.426 e. The van der Waals surface area contributed by atoms with Gasteiger partial charge in [-0.25, -0.2) is 0 Å². The van der Waals surface area contributed by atoms with Crippen LogP contribution >= 0.6 is 0 Å². The third kappa shape index (κ3) is 9.27. The highest BCUT2D eigenvalue weighted by Crippen LogP contribution is 2.29. The van der Waals surface area contributed by atoms with E-state index in [1.807, 2.05) is 12.1 Å². The molecule has 2 unspecified atom stereocenters. The van der Waals surface area contributed by atoms with E-state index in [2.05, 4.69) is 0 Å². The number of benzene rings is 2. The van der Waals surface area contributed by atoms with Gasteiger partial charge in [0.05, 0.1) is 23.0 Å². The summed E-state index contributed by atoms with van der Waals surface area (Å²) >= 11 is 0. The first kappa shape index (κ1) is 27.5. The Balaban J connectivity index is 1.70. The summed E-state index contributed by atoms with van der Waals surface area (Å²) < 4.78 is 10.9. The molecule has 0 fully saturated rings. The van der Waals surface area contributed by atoms with Crippen molar-refractivity contribution in [3.8, 4) is 11.5 Å². The zero-order chi connectivity index (χ0) is 25.2. The van der Waals surface area contributed by atoms with Crippen molar-refractivity contribution in [2.75, 3.05) is 0 Å². The van der Waals surface area contributed by atoms with E-state index in [4.69, 9.17) is 9.47 Å². The Morgan fingerprint density at radius 1 is 0.647 bits per heavy atom. The summed E-state index contributed by atoms with van der Waals surface area (Å²) in [5.41, 5.74) is -1.48. The number of aliphatic hydroxyl groups excluding tert-OH is 2. The van der Waals surface area contributed by atoms with Gasteiger partial charge in [0.15, 0.2) is 0 Å². The van der Waals surface area contributed by atoms with E-state index in [1.54, 1.807) is 76.2 Å². The molecule has 6 nitrogen and oxygen atoms in total. The molecule has 186 valence electrons. The number of esters is 2. The van der Waals surface area contributed by atoms with E-state index in [0.29, 0.717) is 50.0 Å². The van der Waals surface area contributed by atoms with Crippen LogP contribution in [0, 0.1) is 10.8 Å². The van der Waals surface area contributed by atoms with Crippen LogP contribution in [0.25, 0.3) is 0 Å². The molecule has 34 heavy (non-hydrogen) atoms. The van der Waals surface area contributed by atoms with Gasteiger partial charge in [0.2, 0.25) is 0 Å². The van der Waals surface area contributed by atoms with Crippen molar-refractivity contribution in [1.82, 2.24) is 0 Å². The topological polar surface area (TPSA) is 93.1 Å². The molecule has 2 aromatic rings. The fourth-order valence-electron chi connectivity index (χ4n) is 3.40. The quantitative estimate of drug-likeness (QED) is 0.304. The highest BCUT2D eigenvalue weighted by Gasteiger charge is 2.32. The van der Waals surface area contributed by atoms with Crippen LogP contribution in [0.3, 0.4) is 0 Å². The molecule has 2 aromatic carbocycles. The number of rotatable bonds is 13. The van der Waals surface area contributed by atoms with Gasteiger partial charge in [-0.15, -0.1) is 0 Å². The third-order valence-corrected chi connectivity index (χ3v) is 6.05. The zero-order valence-corrected chi connectivity index (χ0v) is 20.7. The van der Waals surface area contributed by atoms with E-state index < -0.39 is 23.0 Å². The van der Waals surface area contributed by atoms with E-state index in [1.165, 1.54) is 0 Å². The molecule has 2 N–H and O–H groups in total. The first-order chi connectivity index (χ1) is 16.0. The maximum atomic E-state index is 12.5. The van der Waals surface area contributed by atoms with Gasteiger partial charge in [0.1, 0.15) is 11.5 Å². The van der Waals surface area contributed by atoms with Gasteiger partial charge in [-0.2, -0.15) is 0 Å². The van der Waals surface area contributed by atoms with Crippen LogP contribution in [0.1, 0.15) is 66.2 Å². The second-order valence-corrected chi connectivity index (χ2v) is 10.1. The highest BCUT2D eigenvalue weighted by atomic mass is 16.5. The van der Waals surface area contributed by atoms with Crippen molar-refractivity contribution in [3.63, 3.8) is 0 Å². The van der Waals surface area contributed by atoms with Crippen LogP contribution in [-0.2, 0) is 9.59 Å². The van der Waals surface area contributed by atoms with Crippen LogP contribution in [0.4, 0.5) is 0 Å². The van der Waals surface area contributed by atoms with E-state index in [9.17, 15) is 19.8 Å². The smallest absolute Gasteiger partial charge is 0.316 e. The second kappa shape index (κ2) is 12.7. The lowest BCUT2D eigenvalue weighted by Crippen LogP contribution is -2.31. The summed E-state index contributed by atoms with van der Waals surface area (Å²) in [5.74, 6) is 0.325. The summed E-state index contributed by atoms with van der Waals surface area (Å²) in [6.07, 6.45) is 1.36. The number of ether oxygens (including phenoxy) is 2. The lowest BCUT2D eigenvalue weighted by molar-refractivity contribution is -0.145. The number of aliphatic hydroxyl groups is 2. The van der Waals surface area contributed by atoms with Crippen molar-refractivity contribution in [2.45, 2.75) is 78.4 Å². The van der Waals surface area contributed by atoms with Crippen LogP contribution in [0.2, 0.25) is 0 Å². The number of para-hydroxylation sites is 2. The Morgan fingerprint density at radius 3 is 1.29 bits per heavy atom. The normalized spacial score (nSPS) is 13.7. The van der Waals surface area contributed by atoms with Crippen molar-refractivity contribution in [1.29, 1.82) is 0 Å². The van der Waals surface area contributed by atoms with E-state index in [0.717, 1.165) is 0 Å². The fraction of sp³-hybridized carbons (Fsp3) is 0.500. The molecule has 0 aliphatic rings. The molecule has 0 aromatic heterocycles. The van der Waals surface area contributed by atoms with Gasteiger partial charge in [0, 0.05) is 0 Å². The summed E-state index contributed by atoms with van der Waals surface area (Å²) in [4.78, 5) is 25.0. The Morgan fingerprint density at radius 2 is 0.971 bits per heavy atom. The zero-order valence-electron chi connectivity index (χ0n) is 20.7. The molecule has 6 heteroatoms. The molecule has 0 aliphatic carbocycles. The summed E-state index contributed by atoms with van der Waals surface area (Å²) in [7, 11) is 0. The molecule has 0 amide bonds. The number of carbonyl (C=O) groups excluding carboxylic acids is 2. The van der Waals surface area contributed by atoms with Crippen molar-refractivity contribution < 1.29 is 29.3 Å². The molecule has 0 radical (unpaired) electrons. The molecular formula is C28H38O6. The average Bonchev–Trinajstić information content (AvgIpc) is 2.81. The molecule has 2 rings (SSSR count). The summed E-state index contributed by atoms with van der Waals surface area (Å²) in [5, 5.41) is 20.8. The van der Waals surface area contributed by atoms with Gasteiger partial charge in [0.25, 0.3) is 0 Å². The first-order valence-corrected chi connectivity index (χ1v) is 11.9. The number of hydrogen-bond acceptors (Lipinski definition) is 6. The lowest BCUT2D eigenvalue weighted by atomic mass is 9.85. The average molecular weight is 471 g/mol. The van der Waals surface area contributed by atoms with Crippen LogP contribution in [0.15, 0.2) is 60.7 Å². The molecule has 0 saturated heterocycles. The van der Waals surface area contributed by atoms with Gasteiger partial charge in [-0.05, 0) is 90.5 Å². The first-order valence-electron chi connectivity index (χ1n) is 11.9. The molecule has 2 atom stereocenters. The predicted octanol–water partition coefficient (Wildman–Crippen LogP) is 5.31. The maximum Gasteiger partial charge on any atom is 0.316 e. The second-order valence-electron chi connectivity index (χ2n) is 10.1. The minimum Gasteiger partial charge on any atom is -0.426 e. The Bertz CT molecular complexity index is 816. The SMILES string of the molecule is CC(C)(CCC(O)CCC(O)CCC(C)(C)C(=O)Oc1ccccc1)C(=O)Oc1ccccc1. The Labute approximate surface area is 202 Å². The van der Waals surface area contributed by atoms with E-state index in [-0.39, 0.29) is 11.9 Å². The van der Waals surface area contributed by atoms with Crippen molar-refractivity contribution in [2.24, 2.45) is 10.8 Å². The molecular weight excluding hydrogens is 432 g/mol. The van der Waals surface area contributed by atoms with Crippen LogP contribution < -0.4 is 9.47 Å². The summed E-state index contributed by atoms with van der Waals surface area (Å²) in [6.45, 7) is 7.21. The molecule has 0 bridgehead atoms. The van der Waals surface area contributed by atoms with Crippen LogP contribution in [0.5, 0.6) is 11.5 Å². The highest BCUT2D eigenvalue weighted by molar-refractivity contribution is 5.78. The minimum atomic E-state index is -0.738. The molecule has 0 heterocycles. The molecule has 0 aliphatic heterocycles. The fourth-order valence-corrected chi connectivity index (χ4v) is 3.40. The number of hydrogen-bond donors (Lipinski definition) is 2. The minimum absolute atomic E-state index is 0.337. The van der Waals surface area contributed by atoms with Gasteiger partial charge >= 0.3 is 11.9 Å².